The third kappa shape index (κ3) is 4.79. The van der Waals surface area contributed by atoms with Gasteiger partial charge in [-0.15, -0.1) is 0 Å². The number of benzene rings is 2. The predicted molar refractivity (Wildman–Crippen MR) is 103 cm³/mol. The fourth-order valence-electron chi connectivity index (χ4n) is 3.32. The first kappa shape index (κ1) is 18.3. The van der Waals surface area contributed by atoms with E-state index in [9.17, 15) is 9.59 Å². The molecule has 26 heavy (non-hydrogen) atoms. The van der Waals surface area contributed by atoms with Gasteiger partial charge >= 0.3 is 0 Å². The van der Waals surface area contributed by atoms with Crippen LogP contribution in [0.2, 0.25) is 0 Å². The van der Waals surface area contributed by atoms with Crippen LogP contribution in [0.3, 0.4) is 0 Å². The molecule has 1 fully saturated rings. The summed E-state index contributed by atoms with van der Waals surface area (Å²) in [4.78, 5) is 28.7. The van der Waals surface area contributed by atoms with Crippen molar-refractivity contribution in [3.8, 4) is 0 Å². The molecule has 0 atom stereocenters. The van der Waals surface area contributed by atoms with Crippen molar-refractivity contribution in [1.29, 1.82) is 0 Å². The Balaban J connectivity index is 1.45. The van der Waals surface area contributed by atoms with E-state index in [4.69, 9.17) is 0 Å². The molecular formula is C22H26N2O2. The lowest BCUT2D eigenvalue weighted by atomic mass is 10.1. The lowest BCUT2D eigenvalue weighted by Crippen LogP contribution is -2.50. The summed E-state index contributed by atoms with van der Waals surface area (Å²) in [5, 5.41) is 0. The molecule has 3 rings (SSSR count). The van der Waals surface area contributed by atoms with Crippen LogP contribution in [-0.2, 0) is 22.6 Å². The normalized spacial score (nSPS) is 15.0. The summed E-state index contributed by atoms with van der Waals surface area (Å²) in [6.07, 6.45) is 0.908. The summed E-state index contributed by atoms with van der Waals surface area (Å²) < 4.78 is 0. The van der Waals surface area contributed by atoms with Gasteiger partial charge in [0.05, 0.1) is 0 Å². The molecule has 2 aromatic carbocycles. The van der Waals surface area contributed by atoms with Gasteiger partial charge in [-0.3, -0.25) is 14.5 Å². The van der Waals surface area contributed by atoms with Crippen LogP contribution in [-0.4, -0.2) is 47.7 Å². The zero-order chi connectivity index (χ0) is 18.4. The Morgan fingerprint density at radius 1 is 0.885 bits per heavy atom. The number of piperazine rings is 1. The summed E-state index contributed by atoms with van der Waals surface area (Å²) in [6.45, 7) is 5.90. The highest BCUT2D eigenvalue weighted by Gasteiger charge is 2.25. The number of ketones is 1. The summed E-state index contributed by atoms with van der Waals surface area (Å²) in [6, 6.07) is 18.2. The van der Waals surface area contributed by atoms with Crippen LogP contribution in [0, 0.1) is 6.92 Å². The van der Waals surface area contributed by atoms with Gasteiger partial charge < -0.3 is 4.90 Å². The van der Waals surface area contributed by atoms with Crippen molar-refractivity contribution < 1.29 is 9.59 Å². The number of carbonyl (C=O) groups is 2. The van der Waals surface area contributed by atoms with Crippen molar-refractivity contribution in [2.75, 3.05) is 26.2 Å². The van der Waals surface area contributed by atoms with Crippen LogP contribution in [0.4, 0.5) is 0 Å². The quantitative estimate of drug-likeness (QED) is 0.752. The zero-order valence-electron chi connectivity index (χ0n) is 15.4. The molecule has 1 aliphatic heterocycles. The number of rotatable bonds is 6. The second-order valence-electron chi connectivity index (χ2n) is 6.90. The predicted octanol–water partition coefficient (Wildman–Crippen LogP) is 2.84. The molecule has 1 amide bonds. The molecule has 4 heteroatoms. The highest BCUT2D eigenvalue weighted by molar-refractivity contribution is 6.36. The SMILES string of the molecule is Cc1ccccc1CN1CCN(C(=O)C(=O)CCc2ccccc2)CC1. The molecule has 0 unspecified atom stereocenters. The Bertz CT molecular complexity index is 750. The maximum atomic E-state index is 12.4. The van der Waals surface area contributed by atoms with E-state index in [1.165, 1.54) is 11.1 Å². The number of Topliss-reactive ketones (excluding diaryl/α,β-unsaturated/α-hetero) is 1. The Kier molecular flexibility index (Phi) is 6.18. The summed E-state index contributed by atoms with van der Waals surface area (Å²) in [7, 11) is 0. The van der Waals surface area contributed by atoms with Gasteiger partial charge in [0.1, 0.15) is 0 Å². The lowest BCUT2D eigenvalue weighted by molar-refractivity contribution is -0.145. The van der Waals surface area contributed by atoms with Crippen LogP contribution in [0.1, 0.15) is 23.1 Å². The Morgan fingerprint density at radius 3 is 2.23 bits per heavy atom. The van der Waals surface area contributed by atoms with Crippen LogP contribution in [0.5, 0.6) is 0 Å². The monoisotopic (exact) mass is 350 g/mol. The molecule has 0 spiro atoms. The van der Waals surface area contributed by atoms with Gasteiger partial charge in [-0.2, -0.15) is 0 Å². The third-order valence-electron chi connectivity index (χ3n) is 5.04. The molecule has 1 saturated heterocycles. The Labute approximate surface area is 155 Å². The number of hydrogen-bond acceptors (Lipinski definition) is 3. The molecule has 0 bridgehead atoms. The topological polar surface area (TPSA) is 40.6 Å². The minimum absolute atomic E-state index is 0.277. The molecule has 4 nitrogen and oxygen atoms in total. The van der Waals surface area contributed by atoms with Crippen molar-refractivity contribution >= 4 is 11.7 Å². The van der Waals surface area contributed by atoms with E-state index in [1.54, 1.807) is 4.90 Å². The van der Waals surface area contributed by atoms with Gasteiger partial charge in [-0.05, 0) is 30.0 Å². The highest BCUT2D eigenvalue weighted by Crippen LogP contribution is 2.13. The molecule has 0 saturated carbocycles. The molecule has 0 aliphatic carbocycles. The van der Waals surface area contributed by atoms with Gasteiger partial charge in [0.15, 0.2) is 0 Å². The van der Waals surface area contributed by atoms with Gasteiger partial charge in [-0.25, -0.2) is 0 Å². The van der Waals surface area contributed by atoms with Crippen LogP contribution < -0.4 is 0 Å². The lowest BCUT2D eigenvalue weighted by Gasteiger charge is -2.34. The largest absolute Gasteiger partial charge is 0.334 e. The number of nitrogens with zero attached hydrogens (tertiary/aromatic N) is 2. The van der Waals surface area contributed by atoms with Gasteiger partial charge in [-0.1, -0.05) is 54.6 Å². The maximum absolute atomic E-state index is 12.4. The maximum Gasteiger partial charge on any atom is 0.290 e. The van der Waals surface area contributed by atoms with E-state index in [1.807, 2.05) is 30.3 Å². The zero-order valence-corrected chi connectivity index (χ0v) is 15.4. The number of carbonyl (C=O) groups excluding carboxylic acids is 2. The first-order valence-electron chi connectivity index (χ1n) is 9.26. The van der Waals surface area contributed by atoms with Crippen molar-refractivity contribution in [2.45, 2.75) is 26.3 Å². The standard InChI is InChI=1S/C22H26N2O2/c1-18-7-5-6-10-20(18)17-23-13-15-24(16-14-23)22(26)21(25)12-11-19-8-3-2-4-9-19/h2-10H,11-17H2,1H3. The van der Waals surface area contributed by atoms with E-state index < -0.39 is 0 Å². The van der Waals surface area contributed by atoms with Crippen molar-refractivity contribution in [1.82, 2.24) is 9.80 Å². The van der Waals surface area contributed by atoms with Crippen molar-refractivity contribution in [3.63, 3.8) is 0 Å². The van der Waals surface area contributed by atoms with Gasteiger partial charge in [0.25, 0.3) is 5.91 Å². The molecule has 0 aromatic heterocycles. The minimum atomic E-state index is -0.323. The minimum Gasteiger partial charge on any atom is -0.334 e. The van der Waals surface area contributed by atoms with E-state index in [0.717, 1.165) is 25.2 Å². The van der Waals surface area contributed by atoms with E-state index in [-0.39, 0.29) is 18.1 Å². The fraction of sp³-hybridized carbons (Fsp3) is 0.364. The molecule has 1 heterocycles. The van der Waals surface area contributed by atoms with Gasteiger partial charge in [0.2, 0.25) is 5.78 Å². The highest BCUT2D eigenvalue weighted by atomic mass is 16.2. The van der Waals surface area contributed by atoms with Crippen molar-refractivity contribution in [3.05, 3.63) is 71.3 Å². The number of hydrogen-bond donors (Lipinski definition) is 0. The average Bonchev–Trinajstić information content (AvgIpc) is 2.69. The summed E-state index contributed by atoms with van der Waals surface area (Å²) in [5.41, 5.74) is 3.71. The Hall–Kier alpha value is -2.46. The molecule has 0 radical (unpaired) electrons. The fourth-order valence-corrected chi connectivity index (χ4v) is 3.32. The second kappa shape index (κ2) is 8.77. The van der Waals surface area contributed by atoms with Crippen molar-refractivity contribution in [2.24, 2.45) is 0 Å². The van der Waals surface area contributed by atoms with E-state index >= 15 is 0 Å². The number of amides is 1. The first-order valence-corrected chi connectivity index (χ1v) is 9.26. The van der Waals surface area contributed by atoms with Crippen LogP contribution >= 0.6 is 0 Å². The molecule has 136 valence electrons. The van der Waals surface area contributed by atoms with Crippen LogP contribution in [0.25, 0.3) is 0 Å². The first-order chi connectivity index (χ1) is 12.6. The van der Waals surface area contributed by atoms with E-state index in [2.05, 4.69) is 36.1 Å². The Morgan fingerprint density at radius 2 is 1.54 bits per heavy atom. The molecule has 1 aliphatic rings. The molecule has 2 aromatic rings. The second-order valence-corrected chi connectivity index (χ2v) is 6.90. The third-order valence-corrected chi connectivity index (χ3v) is 5.04. The molecular weight excluding hydrogens is 324 g/mol. The van der Waals surface area contributed by atoms with Gasteiger partial charge in [0, 0.05) is 39.1 Å². The summed E-state index contributed by atoms with van der Waals surface area (Å²) >= 11 is 0. The van der Waals surface area contributed by atoms with E-state index in [0.29, 0.717) is 19.5 Å². The molecule has 0 N–H and O–H groups in total. The van der Waals surface area contributed by atoms with Crippen LogP contribution in [0.15, 0.2) is 54.6 Å². The number of aryl methyl sites for hydroxylation is 2. The summed E-state index contributed by atoms with van der Waals surface area (Å²) in [5.74, 6) is -0.599. The smallest absolute Gasteiger partial charge is 0.290 e. The average molecular weight is 350 g/mol.